The molecule has 1 N–H and O–H groups in total. The van der Waals surface area contributed by atoms with Crippen molar-refractivity contribution in [1.29, 1.82) is 0 Å². The third kappa shape index (κ3) is 3.15. The number of aryl methyl sites for hydroxylation is 2. The molecule has 0 saturated carbocycles. The predicted octanol–water partition coefficient (Wildman–Crippen LogP) is 3.47. The van der Waals surface area contributed by atoms with Crippen molar-refractivity contribution in [2.75, 3.05) is 5.32 Å². The molecule has 0 spiro atoms. The van der Waals surface area contributed by atoms with Crippen LogP contribution in [0.25, 0.3) is 15.9 Å². The van der Waals surface area contributed by atoms with Gasteiger partial charge in [-0.3, -0.25) is 9.20 Å². The van der Waals surface area contributed by atoms with E-state index in [1.165, 1.54) is 23.1 Å². The number of para-hydroxylation sites is 1. The van der Waals surface area contributed by atoms with Crippen LogP contribution in [0.3, 0.4) is 0 Å². The summed E-state index contributed by atoms with van der Waals surface area (Å²) in [5.74, 6) is 0.676. The van der Waals surface area contributed by atoms with Crippen molar-refractivity contribution in [3.8, 4) is 0 Å². The van der Waals surface area contributed by atoms with Crippen molar-refractivity contribution in [2.24, 2.45) is 0 Å². The summed E-state index contributed by atoms with van der Waals surface area (Å²) < 4.78 is 2.91. The number of carbonyl (C=O) groups excluding carboxylic acids is 1. The summed E-state index contributed by atoms with van der Waals surface area (Å²) >= 11 is 2.81. The highest BCUT2D eigenvalue weighted by atomic mass is 32.2. The fraction of sp³-hybridized carbons (Fsp3) is 0.235. The average molecular weight is 384 g/mol. The Bertz CT molecular complexity index is 1090. The summed E-state index contributed by atoms with van der Waals surface area (Å²) in [6.45, 7) is 5.66. The van der Waals surface area contributed by atoms with Gasteiger partial charge in [0.25, 0.3) is 0 Å². The van der Waals surface area contributed by atoms with Crippen molar-refractivity contribution in [1.82, 2.24) is 24.6 Å². The summed E-state index contributed by atoms with van der Waals surface area (Å²) in [4.78, 5) is 21.4. The lowest BCUT2D eigenvalue weighted by atomic mass is 10.3. The second kappa shape index (κ2) is 6.65. The van der Waals surface area contributed by atoms with Crippen molar-refractivity contribution in [3.63, 3.8) is 0 Å². The first kappa shape index (κ1) is 16.9. The molecule has 0 saturated heterocycles. The minimum absolute atomic E-state index is 0.122. The zero-order valence-corrected chi connectivity index (χ0v) is 16.1. The number of carbonyl (C=O) groups is 1. The molecule has 0 fully saturated rings. The molecule has 26 heavy (non-hydrogen) atoms. The molecule has 3 aromatic heterocycles. The van der Waals surface area contributed by atoms with Crippen molar-refractivity contribution in [2.45, 2.75) is 31.2 Å². The second-order valence-corrected chi connectivity index (χ2v) is 8.20. The first-order chi connectivity index (χ1) is 12.5. The van der Waals surface area contributed by atoms with E-state index in [9.17, 15) is 4.79 Å². The first-order valence-electron chi connectivity index (χ1n) is 8.04. The Labute approximate surface area is 157 Å². The molecule has 1 aromatic carbocycles. The molecule has 4 rings (SSSR count). The first-order valence-corrected chi connectivity index (χ1v) is 9.73. The number of benzene rings is 1. The summed E-state index contributed by atoms with van der Waals surface area (Å²) in [5.41, 5.74) is 2.51. The molecular formula is C17H16N6OS2. The van der Waals surface area contributed by atoms with E-state index in [-0.39, 0.29) is 11.2 Å². The van der Waals surface area contributed by atoms with Gasteiger partial charge >= 0.3 is 0 Å². The molecule has 9 heteroatoms. The smallest absolute Gasteiger partial charge is 0.239 e. The van der Waals surface area contributed by atoms with Gasteiger partial charge in [-0.1, -0.05) is 35.2 Å². The van der Waals surface area contributed by atoms with E-state index in [0.717, 1.165) is 27.4 Å². The van der Waals surface area contributed by atoms with Crippen molar-refractivity contribution >= 4 is 50.0 Å². The topological polar surface area (TPSA) is 85.1 Å². The summed E-state index contributed by atoms with van der Waals surface area (Å²) in [6, 6.07) is 9.68. The quantitative estimate of drug-likeness (QED) is 0.542. The zero-order valence-electron chi connectivity index (χ0n) is 14.4. The van der Waals surface area contributed by atoms with Crippen LogP contribution in [0.15, 0.2) is 35.5 Å². The molecule has 0 aliphatic heterocycles. The monoisotopic (exact) mass is 384 g/mol. The number of aromatic nitrogens is 5. The SMILES string of the molecule is Cc1cc2nnc(SC(C)C(=O)Nc3nc4ccccc4s3)n2c(C)n1. The Kier molecular flexibility index (Phi) is 4.33. The van der Waals surface area contributed by atoms with Gasteiger partial charge in [-0.15, -0.1) is 10.2 Å². The molecule has 0 radical (unpaired) electrons. The van der Waals surface area contributed by atoms with Gasteiger partial charge in [-0.05, 0) is 32.9 Å². The van der Waals surface area contributed by atoms with Gasteiger partial charge in [-0.2, -0.15) is 0 Å². The standard InChI is InChI=1S/C17H16N6OS2/c1-9-8-14-21-22-17(23(14)11(3)18-9)25-10(2)15(24)20-16-19-12-6-4-5-7-13(12)26-16/h4-8,10H,1-3H3,(H,19,20,24). The number of rotatable bonds is 4. The van der Waals surface area contributed by atoms with E-state index in [1.807, 2.05) is 55.5 Å². The molecule has 4 aromatic rings. The molecule has 0 aliphatic carbocycles. The number of nitrogens with zero attached hydrogens (tertiary/aromatic N) is 5. The highest BCUT2D eigenvalue weighted by Gasteiger charge is 2.20. The van der Waals surface area contributed by atoms with Crippen LogP contribution in [-0.2, 0) is 4.79 Å². The number of fused-ring (bicyclic) bond motifs is 2. The van der Waals surface area contributed by atoms with Crippen LogP contribution in [0.5, 0.6) is 0 Å². The summed E-state index contributed by atoms with van der Waals surface area (Å²) in [5, 5.41) is 12.2. The van der Waals surface area contributed by atoms with Crippen LogP contribution in [0, 0.1) is 13.8 Å². The fourth-order valence-corrected chi connectivity index (χ4v) is 4.39. The predicted molar refractivity (Wildman–Crippen MR) is 104 cm³/mol. The highest BCUT2D eigenvalue weighted by molar-refractivity contribution is 8.00. The summed E-state index contributed by atoms with van der Waals surface area (Å²) in [6.07, 6.45) is 0. The molecule has 1 atom stereocenters. The zero-order chi connectivity index (χ0) is 18.3. The number of hydrogen-bond donors (Lipinski definition) is 1. The lowest BCUT2D eigenvalue weighted by Gasteiger charge is -2.10. The lowest BCUT2D eigenvalue weighted by molar-refractivity contribution is -0.115. The van der Waals surface area contributed by atoms with Gasteiger partial charge in [0, 0.05) is 11.8 Å². The van der Waals surface area contributed by atoms with Crippen LogP contribution in [0.2, 0.25) is 0 Å². The van der Waals surface area contributed by atoms with E-state index in [4.69, 9.17) is 0 Å². The van der Waals surface area contributed by atoms with Gasteiger partial charge in [0.2, 0.25) is 5.91 Å². The van der Waals surface area contributed by atoms with E-state index < -0.39 is 0 Å². The van der Waals surface area contributed by atoms with Crippen LogP contribution >= 0.6 is 23.1 Å². The maximum absolute atomic E-state index is 12.6. The van der Waals surface area contributed by atoms with Crippen molar-refractivity contribution < 1.29 is 4.79 Å². The van der Waals surface area contributed by atoms with Crippen LogP contribution in [-0.4, -0.2) is 35.7 Å². The molecule has 132 valence electrons. The largest absolute Gasteiger partial charge is 0.301 e. The summed E-state index contributed by atoms with van der Waals surface area (Å²) in [7, 11) is 0. The Morgan fingerprint density at radius 1 is 1.23 bits per heavy atom. The fourth-order valence-electron chi connectivity index (χ4n) is 2.62. The van der Waals surface area contributed by atoms with E-state index in [0.29, 0.717) is 10.3 Å². The molecule has 1 amide bonds. The molecular weight excluding hydrogens is 368 g/mol. The Balaban J connectivity index is 1.52. The van der Waals surface area contributed by atoms with E-state index in [1.54, 1.807) is 0 Å². The molecule has 3 heterocycles. The molecule has 0 bridgehead atoms. The van der Waals surface area contributed by atoms with Gasteiger partial charge in [0.15, 0.2) is 15.9 Å². The molecule has 0 aliphatic rings. The number of amides is 1. The number of hydrogen-bond acceptors (Lipinski definition) is 7. The number of nitrogens with one attached hydrogen (secondary N) is 1. The minimum Gasteiger partial charge on any atom is -0.301 e. The Morgan fingerprint density at radius 3 is 2.85 bits per heavy atom. The van der Waals surface area contributed by atoms with Crippen LogP contribution < -0.4 is 5.32 Å². The Hall–Kier alpha value is -2.52. The number of anilines is 1. The Morgan fingerprint density at radius 2 is 2.04 bits per heavy atom. The maximum Gasteiger partial charge on any atom is 0.239 e. The second-order valence-electron chi connectivity index (χ2n) is 5.86. The number of thiazole rings is 1. The molecule has 1 unspecified atom stereocenters. The van der Waals surface area contributed by atoms with Gasteiger partial charge in [0.05, 0.1) is 15.5 Å². The van der Waals surface area contributed by atoms with Gasteiger partial charge in [-0.25, -0.2) is 9.97 Å². The minimum atomic E-state index is -0.352. The van der Waals surface area contributed by atoms with Crippen molar-refractivity contribution in [3.05, 3.63) is 41.9 Å². The highest BCUT2D eigenvalue weighted by Crippen LogP contribution is 2.28. The van der Waals surface area contributed by atoms with Gasteiger partial charge < -0.3 is 5.32 Å². The average Bonchev–Trinajstić information content (AvgIpc) is 3.18. The van der Waals surface area contributed by atoms with Crippen LogP contribution in [0.4, 0.5) is 5.13 Å². The van der Waals surface area contributed by atoms with E-state index in [2.05, 4.69) is 25.5 Å². The third-order valence-electron chi connectivity index (χ3n) is 3.83. The van der Waals surface area contributed by atoms with E-state index >= 15 is 0 Å². The van der Waals surface area contributed by atoms with Gasteiger partial charge in [0.1, 0.15) is 5.82 Å². The lowest BCUT2D eigenvalue weighted by Crippen LogP contribution is -2.22. The third-order valence-corrected chi connectivity index (χ3v) is 5.83. The normalized spacial score (nSPS) is 12.6. The van der Waals surface area contributed by atoms with Crippen LogP contribution in [0.1, 0.15) is 18.4 Å². The number of thioether (sulfide) groups is 1. The maximum atomic E-state index is 12.6. The molecule has 7 nitrogen and oxygen atoms in total.